The van der Waals surface area contributed by atoms with Crippen molar-refractivity contribution in [3.8, 4) is 17.2 Å². The Hall–Kier alpha value is -2.78. The predicted molar refractivity (Wildman–Crippen MR) is 111 cm³/mol. The summed E-state index contributed by atoms with van der Waals surface area (Å²) in [6.45, 7) is 1.71. The second-order valence-electron chi connectivity index (χ2n) is 5.63. The number of urea groups is 1. The van der Waals surface area contributed by atoms with Crippen LogP contribution in [-0.4, -0.2) is 33.3 Å². The van der Waals surface area contributed by atoms with E-state index < -0.39 is 11.9 Å². The Kier molecular flexibility index (Phi) is 6.87. The van der Waals surface area contributed by atoms with Crippen molar-refractivity contribution in [1.29, 1.82) is 0 Å². The smallest absolute Gasteiger partial charge is 0.336 e. The molecule has 0 spiro atoms. The minimum absolute atomic E-state index is 0.203. The van der Waals surface area contributed by atoms with Crippen molar-refractivity contribution in [1.82, 2.24) is 0 Å². The summed E-state index contributed by atoms with van der Waals surface area (Å²) in [4.78, 5) is 24.2. The van der Waals surface area contributed by atoms with Gasteiger partial charge in [0, 0.05) is 12.1 Å². The molecule has 28 heavy (non-hydrogen) atoms. The van der Waals surface area contributed by atoms with Crippen LogP contribution in [0.3, 0.4) is 0 Å². The number of methoxy groups -OCH3 is 3. The molecule has 0 aromatic heterocycles. The van der Waals surface area contributed by atoms with Gasteiger partial charge in [-0.1, -0.05) is 24.4 Å². The third kappa shape index (κ3) is 4.37. The number of nitrogens with zero attached hydrogens (tertiary/aromatic N) is 1. The molecule has 0 fully saturated rings. The lowest BCUT2D eigenvalue weighted by atomic mass is 10.1. The molecule has 0 aliphatic rings. The Labute approximate surface area is 173 Å². The molecule has 2 aromatic carbocycles. The standard InChI is InChI=1S/C18H20ClN3O5S/c1-9-5-10(17(20)23)14(25-2)7-13(9)22(28)18(24)21-12-6-11(19)15(26-3)8-16(12)27-4/h5-8,28H,1-4H3,(H2,20,23)(H,21,24). The number of nitrogens with one attached hydrogen (secondary N) is 1. The summed E-state index contributed by atoms with van der Waals surface area (Å²) in [5.74, 6) is 0.348. The molecule has 0 saturated heterocycles. The van der Waals surface area contributed by atoms with Gasteiger partial charge in [-0.2, -0.15) is 0 Å². The zero-order valence-electron chi connectivity index (χ0n) is 15.7. The third-order valence-electron chi connectivity index (χ3n) is 3.92. The Bertz CT molecular complexity index is 923. The topological polar surface area (TPSA) is 103 Å². The van der Waals surface area contributed by atoms with Crippen LogP contribution < -0.4 is 29.6 Å². The first-order chi connectivity index (χ1) is 13.2. The normalized spacial score (nSPS) is 10.2. The van der Waals surface area contributed by atoms with Gasteiger partial charge in [0.15, 0.2) is 0 Å². The van der Waals surface area contributed by atoms with Crippen LogP contribution in [0, 0.1) is 6.92 Å². The van der Waals surface area contributed by atoms with Gasteiger partial charge in [0.05, 0.1) is 43.3 Å². The Morgan fingerprint density at radius 1 is 1.04 bits per heavy atom. The molecule has 0 aliphatic carbocycles. The van der Waals surface area contributed by atoms with E-state index in [4.69, 9.17) is 31.5 Å². The van der Waals surface area contributed by atoms with Gasteiger partial charge >= 0.3 is 6.03 Å². The average Bonchev–Trinajstić information content (AvgIpc) is 2.67. The highest BCUT2D eigenvalue weighted by Gasteiger charge is 2.21. The van der Waals surface area contributed by atoms with Crippen LogP contribution in [0.4, 0.5) is 16.2 Å². The predicted octanol–water partition coefficient (Wildman–Crippen LogP) is 3.66. The zero-order chi connectivity index (χ0) is 21.0. The number of carbonyl (C=O) groups excluding carboxylic acids is 2. The first-order valence-electron chi connectivity index (χ1n) is 7.93. The molecule has 0 bridgehead atoms. The fraction of sp³-hybridized carbons (Fsp3) is 0.222. The third-order valence-corrected chi connectivity index (χ3v) is 4.61. The van der Waals surface area contributed by atoms with Gasteiger partial charge in [-0.3, -0.25) is 4.79 Å². The molecule has 3 N–H and O–H groups in total. The summed E-state index contributed by atoms with van der Waals surface area (Å²) in [6, 6.07) is 5.50. The minimum atomic E-state index is -0.640. The lowest BCUT2D eigenvalue weighted by Crippen LogP contribution is -2.28. The van der Waals surface area contributed by atoms with Crippen LogP contribution in [0.1, 0.15) is 15.9 Å². The van der Waals surface area contributed by atoms with Crippen LogP contribution in [-0.2, 0) is 0 Å². The molecule has 8 nitrogen and oxygen atoms in total. The van der Waals surface area contributed by atoms with Gasteiger partial charge in [0.2, 0.25) is 0 Å². The van der Waals surface area contributed by atoms with Gasteiger partial charge in [-0.15, -0.1) is 0 Å². The highest BCUT2D eigenvalue weighted by Crippen LogP contribution is 2.37. The van der Waals surface area contributed by atoms with E-state index in [-0.39, 0.29) is 11.3 Å². The summed E-state index contributed by atoms with van der Waals surface area (Å²) < 4.78 is 16.7. The second kappa shape index (κ2) is 8.94. The van der Waals surface area contributed by atoms with Crippen molar-refractivity contribution in [3.05, 3.63) is 40.4 Å². The number of amides is 3. The van der Waals surface area contributed by atoms with E-state index in [1.54, 1.807) is 13.0 Å². The second-order valence-corrected chi connectivity index (χ2v) is 6.44. The molecule has 10 heteroatoms. The first-order valence-corrected chi connectivity index (χ1v) is 8.71. The maximum atomic E-state index is 12.7. The molecule has 0 unspecified atom stereocenters. The van der Waals surface area contributed by atoms with Gasteiger partial charge < -0.3 is 25.3 Å². The number of nitrogens with two attached hydrogens (primary N) is 1. The molecule has 0 saturated carbocycles. The summed E-state index contributed by atoms with van der Waals surface area (Å²) in [7, 11) is 4.32. The van der Waals surface area contributed by atoms with E-state index in [9.17, 15) is 9.59 Å². The number of aryl methyl sites for hydroxylation is 1. The maximum Gasteiger partial charge on any atom is 0.336 e. The van der Waals surface area contributed by atoms with Gasteiger partial charge in [0.25, 0.3) is 5.91 Å². The quantitative estimate of drug-likeness (QED) is 0.613. The number of primary amides is 1. The van der Waals surface area contributed by atoms with E-state index in [0.717, 1.165) is 4.31 Å². The van der Waals surface area contributed by atoms with Crippen molar-refractivity contribution in [2.75, 3.05) is 31.0 Å². The number of halogens is 1. The lowest BCUT2D eigenvalue weighted by Gasteiger charge is -2.21. The molecule has 0 aliphatic heterocycles. The van der Waals surface area contributed by atoms with E-state index in [2.05, 4.69) is 18.1 Å². The van der Waals surface area contributed by atoms with Crippen molar-refractivity contribution < 1.29 is 23.8 Å². The monoisotopic (exact) mass is 425 g/mol. The number of ether oxygens (including phenoxy) is 3. The number of hydrogen-bond donors (Lipinski definition) is 3. The van der Waals surface area contributed by atoms with Gasteiger partial charge in [-0.25, -0.2) is 9.10 Å². The van der Waals surface area contributed by atoms with Crippen molar-refractivity contribution in [2.45, 2.75) is 6.92 Å². The molecule has 2 aromatic rings. The number of hydrogen-bond acceptors (Lipinski definition) is 6. The number of rotatable bonds is 6. The zero-order valence-corrected chi connectivity index (χ0v) is 17.4. The molecule has 0 radical (unpaired) electrons. The van der Waals surface area contributed by atoms with E-state index >= 15 is 0 Å². The van der Waals surface area contributed by atoms with Crippen molar-refractivity contribution in [3.63, 3.8) is 0 Å². The molecule has 0 atom stereocenters. The number of anilines is 2. The van der Waals surface area contributed by atoms with Crippen LogP contribution in [0.25, 0.3) is 0 Å². The van der Waals surface area contributed by atoms with Gasteiger partial charge in [-0.05, 0) is 24.6 Å². The Morgan fingerprint density at radius 2 is 1.64 bits per heavy atom. The summed E-state index contributed by atoms with van der Waals surface area (Å²) >= 11 is 10.4. The Morgan fingerprint density at radius 3 is 2.18 bits per heavy atom. The highest BCUT2D eigenvalue weighted by atomic mass is 35.5. The van der Waals surface area contributed by atoms with Gasteiger partial charge in [0.1, 0.15) is 17.2 Å². The van der Waals surface area contributed by atoms with Crippen molar-refractivity contribution in [2.24, 2.45) is 5.73 Å². The fourth-order valence-corrected chi connectivity index (χ4v) is 3.01. The van der Waals surface area contributed by atoms with Crippen molar-refractivity contribution >= 4 is 47.7 Å². The lowest BCUT2D eigenvalue weighted by molar-refractivity contribution is 0.0997. The first kappa shape index (κ1) is 21.5. The SMILES string of the molecule is COc1cc(OC)c(NC(=O)N(S)c2cc(OC)c(C(N)=O)cc2C)cc1Cl. The largest absolute Gasteiger partial charge is 0.496 e. The average molecular weight is 426 g/mol. The Balaban J connectivity index is 2.36. The number of thiol groups is 1. The summed E-state index contributed by atoms with van der Waals surface area (Å²) in [6.07, 6.45) is 0. The van der Waals surface area contributed by atoms with Crippen LogP contribution in [0.15, 0.2) is 24.3 Å². The molecular weight excluding hydrogens is 406 g/mol. The molecular formula is C18H20ClN3O5S. The summed E-state index contributed by atoms with van der Waals surface area (Å²) in [5.41, 5.74) is 6.88. The molecule has 150 valence electrons. The fourth-order valence-electron chi connectivity index (χ4n) is 2.50. The number of carbonyl (C=O) groups is 2. The van der Waals surface area contributed by atoms with E-state index in [1.807, 2.05) is 0 Å². The minimum Gasteiger partial charge on any atom is -0.496 e. The molecule has 3 amide bonds. The highest BCUT2D eigenvalue weighted by molar-refractivity contribution is 7.82. The number of benzene rings is 2. The maximum absolute atomic E-state index is 12.7. The van der Waals surface area contributed by atoms with Crippen LogP contribution in [0.5, 0.6) is 17.2 Å². The van der Waals surface area contributed by atoms with E-state index in [0.29, 0.717) is 33.5 Å². The molecule has 0 heterocycles. The van der Waals surface area contributed by atoms with E-state index in [1.165, 1.54) is 39.5 Å². The van der Waals surface area contributed by atoms with Crippen LogP contribution in [0.2, 0.25) is 5.02 Å². The summed E-state index contributed by atoms with van der Waals surface area (Å²) in [5, 5.41) is 2.97. The molecule has 2 rings (SSSR count). The van der Waals surface area contributed by atoms with Crippen LogP contribution >= 0.6 is 24.4 Å².